The Bertz CT molecular complexity index is 929. The van der Waals surface area contributed by atoms with Crippen molar-refractivity contribution >= 4 is 33.8 Å². The number of hydrogen-bond acceptors (Lipinski definition) is 6. The third-order valence-corrected chi connectivity index (χ3v) is 5.62. The lowest BCUT2D eigenvalue weighted by Gasteiger charge is -2.26. The molecule has 0 saturated carbocycles. The van der Waals surface area contributed by atoms with Gasteiger partial charge in [-0.25, -0.2) is 4.98 Å². The number of rotatable bonds is 6. The van der Waals surface area contributed by atoms with Crippen molar-refractivity contribution in [1.82, 2.24) is 14.5 Å². The molecule has 0 atom stereocenters. The van der Waals surface area contributed by atoms with Crippen LogP contribution in [0.5, 0.6) is 0 Å². The second-order valence-corrected chi connectivity index (χ2v) is 7.46. The number of benzene rings is 1. The quantitative estimate of drug-likeness (QED) is 0.679. The number of ether oxygens (including phenoxy) is 1. The van der Waals surface area contributed by atoms with Crippen LogP contribution in [0.4, 0.5) is 5.69 Å². The largest absolute Gasteiger partial charge is 0.379 e. The Kier molecular flexibility index (Phi) is 5.49. The SMILES string of the molecule is NCc1nc(C(=O)Nc2ccc3c(ccn3CCN3CCOCC3)c2)cs1. The van der Waals surface area contributed by atoms with Gasteiger partial charge in [0.15, 0.2) is 0 Å². The van der Waals surface area contributed by atoms with E-state index >= 15 is 0 Å². The second kappa shape index (κ2) is 8.18. The van der Waals surface area contributed by atoms with Crippen molar-refractivity contribution in [2.24, 2.45) is 5.73 Å². The normalized spacial score (nSPS) is 15.3. The number of nitrogens with zero attached hydrogens (tertiary/aromatic N) is 3. The third-order valence-electron chi connectivity index (χ3n) is 4.75. The van der Waals surface area contributed by atoms with Crippen LogP contribution >= 0.6 is 11.3 Å². The molecular formula is C19H23N5O2S. The number of hydrogen-bond donors (Lipinski definition) is 2. The van der Waals surface area contributed by atoms with E-state index in [1.807, 2.05) is 12.1 Å². The molecule has 1 aliphatic heterocycles. The molecule has 1 aromatic carbocycles. The molecule has 3 aromatic rings. The van der Waals surface area contributed by atoms with Crippen LogP contribution in [0.3, 0.4) is 0 Å². The molecule has 1 fully saturated rings. The van der Waals surface area contributed by atoms with E-state index in [2.05, 4.69) is 38.1 Å². The van der Waals surface area contributed by atoms with Crippen molar-refractivity contribution in [2.75, 3.05) is 38.2 Å². The third kappa shape index (κ3) is 4.19. The summed E-state index contributed by atoms with van der Waals surface area (Å²) >= 11 is 1.40. The molecule has 3 N–H and O–H groups in total. The minimum absolute atomic E-state index is 0.211. The number of nitrogens with two attached hydrogens (primary N) is 1. The molecule has 8 heteroatoms. The Labute approximate surface area is 161 Å². The van der Waals surface area contributed by atoms with E-state index < -0.39 is 0 Å². The molecule has 0 bridgehead atoms. The smallest absolute Gasteiger partial charge is 0.275 e. The number of thiazole rings is 1. The summed E-state index contributed by atoms with van der Waals surface area (Å²) in [5, 5.41) is 6.51. The fourth-order valence-corrected chi connectivity index (χ4v) is 3.91. The van der Waals surface area contributed by atoms with Crippen molar-refractivity contribution in [1.29, 1.82) is 0 Å². The predicted octanol–water partition coefficient (Wildman–Crippen LogP) is 2.14. The van der Waals surface area contributed by atoms with Crippen molar-refractivity contribution in [2.45, 2.75) is 13.1 Å². The van der Waals surface area contributed by atoms with Crippen molar-refractivity contribution in [3.63, 3.8) is 0 Å². The van der Waals surface area contributed by atoms with Gasteiger partial charge in [-0.3, -0.25) is 9.69 Å². The molecule has 3 heterocycles. The Hall–Kier alpha value is -2.26. The van der Waals surface area contributed by atoms with Gasteiger partial charge >= 0.3 is 0 Å². The van der Waals surface area contributed by atoms with Crippen LogP contribution in [0, 0.1) is 0 Å². The second-order valence-electron chi connectivity index (χ2n) is 6.52. The lowest BCUT2D eigenvalue weighted by atomic mass is 10.2. The molecule has 0 aliphatic carbocycles. The first-order valence-electron chi connectivity index (χ1n) is 9.08. The standard InChI is InChI=1S/C19H23N5O2S/c20-12-18-22-16(13-27-18)19(25)21-15-1-2-17-14(11-15)3-4-24(17)6-5-23-7-9-26-10-8-23/h1-4,11,13H,5-10,12,20H2,(H,21,25). The molecule has 2 aromatic heterocycles. The monoisotopic (exact) mass is 385 g/mol. The van der Waals surface area contributed by atoms with Gasteiger partial charge in [-0.05, 0) is 24.3 Å². The summed E-state index contributed by atoms with van der Waals surface area (Å²) in [7, 11) is 0. The van der Waals surface area contributed by atoms with E-state index in [1.54, 1.807) is 5.38 Å². The van der Waals surface area contributed by atoms with Crippen molar-refractivity contribution in [3.8, 4) is 0 Å². The number of aromatic nitrogens is 2. The highest BCUT2D eigenvalue weighted by Gasteiger charge is 2.13. The summed E-state index contributed by atoms with van der Waals surface area (Å²) in [4.78, 5) is 19.0. The number of fused-ring (bicyclic) bond motifs is 1. The lowest BCUT2D eigenvalue weighted by molar-refractivity contribution is 0.0365. The van der Waals surface area contributed by atoms with Crippen LogP contribution in [0.15, 0.2) is 35.8 Å². The van der Waals surface area contributed by atoms with E-state index in [4.69, 9.17) is 10.5 Å². The van der Waals surface area contributed by atoms with Crippen LogP contribution in [0.25, 0.3) is 10.9 Å². The summed E-state index contributed by atoms with van der Waals surface area (Å²) in [5.41, 5.74) is 7.89. The van der Waals surface area contributed by atoms with E-state index in [-0.39, 0.29) is 5.91 Å². The first-order chi connectivity index (χ1) is 13.2. The highest BCUT2D eigenvalue weighted by molar-refractivity contribution is 7.09. The molecular weight excluding hydrogens is 362 g/mol. The van der Waals surface area contributed by atoms with Crippen LogP contribution < -0.4 is 11.1 Å². The first-order valence-corrected chi connectivity index (χ1v) is 9.96. The maximum atomic E-state index is 12.3. The van der Waals surface area contributed by atoms with Gasteiger partial charge in [0.05, 0.1) is 13.2 Å². The number of anilines is 1. The van der Waals surface area contributed by atoms with E-state index in [1.165, 1.54) is 16.9 Å². The van der Waals surface area contributed by atoms with E-state index in [0.717, 1.165) is 55.5 Å². The average Bonchev–Trinajstić information content (AvgIpc) is 3.34. The number of carbonyl (C=O) groups is 1. The van der Waals surface area contributed by atoms with Crippen LogP contribution in [0.2, 0.25) is 0 Å². The maximum Gasteiger partial charge on any atom is 0.275 e. The number of carbonyl (C=O) groups excluding carboxylic acids is 1. The molecule has 4 rings (SSSR count). The molecule has 1 aliphatic rings. The predicted molar refractivity (Wildman–Crippen MR) is 107 cm³/mol. The Morgan fingerprint density at radius 2 is 2.11 bits per heavy atom. The fraction of sp³-hybridized carbons (Fsp3) is 0.368. The molecule has 1 amide bonds. The van der Waals surface area contributed by atoms with E-state index in [9.17, 15) is 4.79 Å². The summed E-state index contributed by atoms with van der Waals surface area (Å²) < 4.78 is 7.65. The number of nitrogens with one attached hydrogen (secondary N) is 1. The van der Waals surface area contributed by atoms with Gasteiger partial charge in [0.25, 0.3) is 5.91 Å². The molecule has 142 valence electrons. The maximum absolute atomic E-state index is 12.3. The minimum Gasteiger partial charge on any atom is -0.379 e. The summed E-state index contributed by atoms with van der Waals surface area (Å²) in [6.07, 6.45) is 2.10. The molecule has 0 unspecified atom stereocenters. The van der Waals surface area contributed by atoms with Crippen molar-refractivity contribution < 1.29 is 9.53 Å². The van der Waals surface area contributed by atoms with Crippen LogP contribution in [-0.2, 0) is 17.8 Å². The summed E-state index contributed by atoms with van der Waals surface area (Å²) in [6.45, 7) is 5.94. The lowest BCUT2D eigenvalue weighted by Crippen LogP contribution is -2.38. The zero-order chi connectivity index (χ0) is 18.6. The zero-order valence-corrected chi connectivity index (χ0v) is 15.9. The molecule has 0 radical (unpaired) electrons. The van der Waals surface area contributed by atoms with Gasteiger partial charge in [-0.2, -0.15) is 0 Å². The highest BCUT2D eigenvalue weighted by atomic mass is 32.1. The number of morpholine rings is 1. The van der Waals surface area contributed by atoms with Gasteiger partial charge in [-0.1, -0.05) is 0 Å². The van der Waals surface area contributed by atoms with Gasteiger partial charge < -0.3 is 20.4 Å². The average molecular weight is 385 g/mol. The Balaban J connectivity index is 1.42. The molecule has 1 saturated heterocycles. The van der Waals surface area contributed by atoms with Gasteiger partial charge in [0.2, 0.25) is 0 Å². The topological polar surface area (TPSA) is 85.4 Å². The minimum atomic E-state index is -0.211. The Morgan fingerprint density at radius 3 is 2.89 bits per heavy atom. The van der Waals surface area contributed by atoms with Crippen molar-refractivity contribution in [3.05, 3.63) is 46.5 Å². The molecule has 0 spiro atoms. The first kappa shape index (κ1) is 18.1. The zero-order valence-electron chi connectivity index (χ0n) is 15.1. The van der Waals surface area contributed by atoms with Crippen LogP contribution in [0.1, 0.15) is 15.5 Å². The van der Waals surface area contributed by atoms with Crippen LogP contribution in [-0.4, -0.2) is 53.2 Å². The fourth-order valence-electron chi connectivity index (χ4n) is 3.25. The summed E-state index contributed by atoms with van der Waals surface area (Å²) in [5.74, 6) is -0.211. The van der Waals surface area contributed by atoms with Gasteiger partial charge in [0, 0.05) is 60.9 Å². The Morgan fingerprint density at radius 1 is 1.26 bits per heavy atom. The van der Waals surface area contributed by atoms with E-state index in [0.29, 0.717) is 12.2 Å². The molecule has 27 heavy (non-hydrogen) atoms. The van der Waals surface area contributed by atoms with Gasteiger partial charge in [-0.15, -0.1) is 11.3 Å². The highest BCUT2D eigenvalue weighted by Crippen LogP contribution is 2.21. The summed E-state index contributed by atoms with van der Waals surface area (Å²) in [6, 6.07) is 8.06. The van der Waals surface area contributed by atoms with Gasteiger partial charge in [0.1, 0.15) is 10.7 Å². The number of amides is 1. The molecule has 7 nitrogen and oxygen atoms in total.